The molecule has 20 heavy (non-hydrogen) atoms. The number of amides is 1. The van der Waals surface area contributed by atoms with Crippen molar-refractivity contribution in [2.24, 2.45) is 5.41 Å². The van der Waals surface area contributed by atoms with Crippen LogP contribution < -0.4 is 10.6 Å². The number of nitrogens with one attached hydrogen (secondary N) is 2. The molecule has 2 rings (SSSR count). The molecule has 1 aromatic heterocycles. The minimum atomic E-state index is -2.46. The van der Waals surface area contributed by atoms with E-state index in [0.717, 1.165) is 25.9 Å². The van der Waals surface area contributed by atoms with Gasteiger partial charge in [0.15, 0.2) is 0 Å². The molecule has 4 nitrogen and oxygen atoms in total. The third kappa shape index (κ3) is 3.79. The zero-order valence-corrected chi connectivity index (χ0v) is 11.7. The second-order valence-corrected chi connectivity index (χ2v) is 5.71. The Morgan fingerprint density at radius 1 is 1.60 bits per heavy atom. The highest BCUT2D eigenvalue weighted by atomic mass is 19.3. The zero-order chi connectivity index (χ0) is 14.6. The van der Waals surface area contributed by atoms with Gasteiger partial charge in [0.1, 0.15) is 5.69 Å². The summed E-state index contributed by atoms with van der Waals surface area (Å²) in [5.41, 5.74) is 0.325. The Hall–Kier alpha value is -1.43. The summed E-state index contributed by atoms with van der Waals surface area (Å²) in [5, 5.41) is 6.18. The van der Waals surface area contributed by atoms with Crippen LogP contribution in [-0.2, 0) is 6.54 Å². The van der Waals surface area contributed by atoms with E-state index in [1.54, 1.807) is 12.1 Å². The number of carbonyl (C=O) groups excluding carboxylic acids is 1. The van der Waals surface area contributed by atoms with Crippen molar-refractivity contribution in [1.82, 2.24) is 15.2 Å². The molecule has 6 heteroatoms. The number of carbonyl (C=O) groups is 1. The van der Waals surface area contributed by atoms with Crippen LogP contribution in [0.1, 0.15) is 30.3 Å². The van der Waals surface area contributed by atoms with Crippen LogP contribution in [0.4, 0.5) is 8.78 Å². The van der Waals surface area contributed by atoms with Gasteiger partial charge in [-0.1, -0.05) is 6.92 Å². The first kappa shape index (κ1) is 15.0. The maximum absolute atomic E-state index is 12.4. The minimum Gasteiger partial charge on any atom is -0.350 e. The van der Waals surface area contributed by atoms with E-state index < -0.39 is 13.0 Å². The lowest BCUT2D eigenvalue weighted by atomic mass is 9.83. The molecule has 2 heterocycles. The van der Waals surface area contributed by atoms with Gasteiger partial charge in [-0.25, -0.2) is 8.78 Å². The van der Waals surface area contributed by atoms with E-state index in [9.17, 15) is 13.6 Å². The molecule has 0 aromatic carbocycles. The van der Waals surface area contributed by atoms with Crippen molar-refractivity contribution in [3.63, 3.8) is 0 Å². The first-order chi connectivity index (χ1) is 9.50. The lowest BCUT2D eigenvalue weighted by molar-refractivity contribution is 0.0902. The number of alkyl halides is 2. The second-order valence-electron chi connectivity index (χ2n) is 5.71. The maximum atomic E-state index is 12.4. The van der Waals surface area contributed by atoms with Crippen LogP contribution in [-0.4, -0.2) is 36.5 Å². The summed E-state index contributed by atoms with van der Waals surface area (Å²) in [7, 11) is 0. The summed E-state index contributed by atoms with van der Waals surface area (Å²) in [6.07, 6.45) is 1.19. The molecule has 0 aliphatic carbocycles. The molecule has 1 saturated heterocycles. The lowest BCUT2D eigenvalue weighted by Crippen LogP contribution is -2.45. The van der Waals surface area contributed by atoms with E-state index >= 15 is 0 Å². The quantitative estimate of drug-likeness (QED) is 0.867. The standard InChI is InChI=1S/C14H21F2N3O/c1-14(5-3-6-17-9-14)10-18-13(20)11-4-2-7-19(11)8-12(15)16/h2,4,7,12,17H,3,5-6,8-10H2,1H3,(H,18,20). The largest absolute Gasteiger partial charge is 0.350 e. The van der Waals surface area contributed by atoms with Gasteiger partial charge in [0, 0.05) is 19.3 Å². The van der Waals surface area contributed by atoms with E-state index in [0.29, 0.717) is 6.54 Å². The minimum absolute atomic E-state index is 0.0358. The molecule has 112 valence electrons. The fourth-order valence-corrected chi connectivity index (χ4v) is 2.58. The summed E-state index contributed by atoms with van der Waals surface area (Å²) in [4.78, 5) is 12.1. The van der Waals surface area contributed by atoms with Gasteiger partial charge in [0.25, 0.3) is 12.3 Å². The Kier molecular flexibility index (Phi) is 4.75. The Morgan fingerprint density at radius 2 is 2.40 bits per heavy atom. The van der Waals surface area contributed by atoms with Gasteiger partial charge in [0.2, 0.25) is 0 Å². The fraction of sp³-hybridized carbons (Fsp3) is 0.643. The van der Waals surface area contributed by atoms with Crippen LogP contribution in [0.3, 0.4) is 0 Å². The van der Waals surface area contributed by atoms with Crippen molar-refractivity contribution in [2.75, 3.05) is 19.6 Å². The number of halogens is 2. The first-order valence-electron chi connectivity index (χ1n) is 6.92. The smallest absolute Gasteiger partial charge is 0.267 e. The third-order valence-corrected chi connectivity index (χ3v) is 3.76. The Labute approximate surface area is 117 Å². The molecule has 1 unspecified atom stereocenters. The average molecular weight is 285 g/mol. The number of nitrogens with zero attached hydrogens (tertiary/aromatic N) is 1. The highest BCUT2D eigenvalue weighted by molar-refractivity contribution is 5.92. The normalized spacial score (nSPS) is 23.0. The molecule has 1 fully saturated rings. The fourth-order valence-electron chi connectivity index (χ4n) is 2.58. The van der Waals surface area contributed by atoms with Crippen molar-refractivity contribution in [1.29, 1.82) is 0 Å². The van der Waals surface area contributed by atoms with Gasteiger partial charge in [0.05, 0.1) is 6.54 Å². The Balaban J connectivity index is 1.93. The van der Waals surface area contributed by atoms with Gasteiger partial charge >= 0.3 is 0 Å². The molecule has 1 aliphatic rings. The lowest BCUT2D eigenvalue weighted by Gasteiger charge is -2.34. The topological polar surface area (TPSA) is 46.1 Å². The van der Waals surface area contributed by atoms with Crippen LogP contribution in [0.2, 0.25) is 0 Å². The Bertz CT molecular complexity index is 453. The average Bonchev–Trinajstić information content (AvgIpc) is 2.84. The van der Waals surface area contributed by atoms with Crippen molar-refractivity contribution in [2.45, 2.75) is 32.7 Å². The number of hydrogen-bond acceptors (Lipinski definition) is 2. The first-order valence-corrected chi connectivity index (χ1v) is 6.92. The van der Waals surface area contributed by atoms with Crippen molar-refractivity contribution in [3.05, 3.63) is 24.0 Å². The zero-order valence-electron chi connectivity index (χ0n) is 11.7. The molecule has 1 atom stereocenters. The molecule has 0 saturated carbocycles. The van der Waals surface area contributed by atoms with Gasteiger partial charge in [-0.2, -0.15) is 0 Å². The third-order valence-electron chi connectivity index (χ3n) is 3.76. The van der Waals surface area contributed by atoms with Gasteiger partial charge in [-0.05, 0) is 36.9 Å². The van der Waals surface area contributed by atoms with Crippen LogP contribution in [0.15, 0.2) is 18.3 Å². The SMILES string of the molecule is CC1(CNC(=O)c2cccn2CC(F)F)CCCNC1. The molecular weight excluding hydrogens is 264 g/mol. The monoisotopic (exact) mass is 285 g/mol. The second kappa shape index (κ2) is 6.35. The molecule has 0 radical (unpaired) electrons. The van der Waals surface area contributed by atoms with Gasteiger partial charge in [-0.3, -0.25) is 4.79 Å². The number of hydrogen-bond donors (Lipinski definition) is 2. The number of rotatable bonds is 5. The summed E-state index contributed by atoms with van der Waals surface area (Å²) in [6, 6.07) is 3.18. The molecule has 1 amide bonds. The predicted octanol–water partition coefficient (Wildman–Crippen LogP) is 1.87. The van der Waals surface area contributed by atoms with E-state index in [4.69, 9.17) is 0 Å². The summed E-state index contributed by atoms with van der Waals surface area (Å²) in [5.74, 6) is -0.289. The molecular formula is C14H21F2N3O. The van der Waals surface area contributed by atoms with Gasteiger partial charge in [-0.15, -0.1) is 0 Å². The molecule has 0 spiro atoms. The van der Waals surface area contributed by atoms with E-state index in [1.165, 1.54) is 10.8 Å². The molecule has 1 aliphatic heterocycles. The van der Waals surface area contributed by atoms with E-state index in [-0.39, 0.29) is 17.0 Å². The summed E-state index contributed by atoms with van der Waals surface area (Å²) < 4.78 is 26.1. The molecule has 2 N–H and O–H groups in total. The Morgan fingerprint density at radius 3 is 3.05 bits per heavy atom. The highest BCUT2D eigenvalue weighted by Crippen LogP contribution is 2.24. The van der Waals surface area contributed by atoms with Crippen molar-refractivity contribution in [3.8, 4) is 0 Å². The summed E-state index contributed by atoms with van der Waals surface area (Å²) >= 11 is 0. The van der Waals surface area contributed by atoms with Crippen LogP contribution in [0, 0.1) is 5.41 Å². The van der Waals surface area contributed by atoms with Crippen LogP contribution >= 0.6 is 0 Å². The predicted molar refractivity (Wildman–Crippen MR) is 73.0 cm³/mol. The van der Waals surface area contributed by atoms with Crippen LogP contribution in [0.25, 0.3) is 0 Å². The van der Waals surface area contributed by atoms with Gasteiger partial charge < -0.3 is 15.2 Å². The van der Waals surface area contributed by atoms with Crippen molar-refractivity contribution >= 4 is 5.91 Å². The maximum Gasteiger partial charge on any atom is 0.267 e. The molecule has 1 aromatic rings. The van der Waals surface area contributed by atoms with Crippen molar-refractivity contribution < 1.29 is 13.6 Å². The van der Waals surface area contributed by atoms with E-state index in [1.807, 2.05) is 0 Å². The number of aromatic nitrogens is 1. The highest BCUT2D eigenvalue weighted by Gasteiger charge is 2.27. The molecule has 0 bridgehead atoms. The van der Waals surface area contributed by atoms with E-state index in [2.05, 4.69) is 17.6 Å². The van der Waals surface area contributed by atoms with Crippen LogP contribution in [0.5, 0.6) is 0 Å². The summed E-state index contributed by atoms with van der Waals surface area (Å²) in [6.45, 7) is 4.11. The number of piperidine rings is 1.